The average molecular weight is 504 g/mol. The smallest absolute Gasteiger partial charge is 0.370 e. The minimum absolute atomic E-state index is 0.000412. The molecule has 2 aromatic heterocycles. The first-order valence-corrected chi connectivity index (χ1v) is 11.5. The molecule has 0 bridgehead atoms. The van der Waals surface area contributed by atoms with Crippen LogP contribution in [0.25, 0.3) is 10.9 Å². The number of amides is 1. The van der Waals surface area contributed by atoms with Crippen LogP contribution in [0.1, 0.15) is 37.0 Å². The van der Waals surface area contributed by atoms with Crippen molar-refractivity contribution in [3.8, 4) is 6.07 Å². The lowest BCUT2D eigenvalue weighted by Crippen LogP contribution is -2.51. The zero-order valence-corrected chi connectivity index (χ0v) is 19.6. The van der Waals surface area contributed by atoms with Gasteiger partial charge in [-0.05, 0) is 31.0 Å². The standard InChI is InChI=1S/C23H21ClF3N7O/c1-22(21(35)33-8-9-34-18(13-33)30-31-20(34)23(25,26)27)4-6-32(7-5-22)19-14(11-28)12-29-17-3-2-15(24)10-16(17)19/h2-3,10,12H,4-9,13H2,1H3. The molecule has 0 saturated carbocycles. The molecule has 1 fully saturated rings. The lowest BCUT2D eigenvalue weighted by molar-refractivity contribution is -0.149. The van der Waals surface area contributed by atoms with E-state index in [4.69, 9.17) is 11.6 Å². The molecule has 8 nitrogen and oxygen atoms in total. The summed E-state index contributed by atoms with van der Waals surface area (Å²) in [6, 6.07) is 7.54. The van der Waals surface area contributed by atoms with Gasteiger partial charge in [0, 0.05) is 48.2 Å². The minimum Gasteiger partial charge on any atom is -0.370 e. The Morgan fingerprint density at radius 2 is 1.91 bits per heavy atom. The van der Waals surface area contributed by atoms with Crippen molar-refractivity contribution < 1.29 is 18.0 Å². The maximum Gasteiger partial charge on any atom is 0.451 e. The SMILES string of the molecule is CC1(C(=O)N2CCn3c(nnc3C(F)(F)F)C2)CCN(c2c(C#N)cnc3ccc(Cl)cc23)CC1. The topological polar surface area (TPSA) is 90.9 Å². The van der Waals surface area contributed by atoms with Crippen molar-refractivity contribution in [2.24, 2.45) is 5.41 Å². The van der Waals surface area contributed by atoms with E-state index in [0.29, 0.717) is 36.5 Å². The second-order valence-corrected chi connectivity index (χ2v) is 9.59. The molecule has 182 valence electrons. The number of benzene rings is 1. The van der Waals surface area contributed by atoms with Crippen molar-refractivity contribution >= 4 is 34.1 Å². The summed E-state index contributed by atoms with van der Waals surface area (Å²) in [7, 11) is 0. The molecule has 0 spiro atoms. The van der Waals surface area contributed by atoms with Crippen molar-refractivity contribution in [2.45, 2.75) is 39.0 Å². The van der Waals surface area contributed by atoms with E-state index in [1.807, 2.05) is 6.92 Å². The van der Waals surface area contributed by atoms with Crippen LogP contribution < -0.4 is 4.90 Å². The van der Waals surface area contributed by atoms with Crippen molar-refractivity contribution in [2.75, 3.05) is 24.5 Å². The van der Waals surface area contributed by atoms with Gasteiger partial charge in [0.1, 0.15) is 6.07 Å². The molecule has 0 atom stereocenters. The summed E-state index contributed by atoms with van der Waals surface area (Å²) in [5.41, 5.74) is 1.23. The molecule has 0 unspecified atom stereocenters. The number of alkyl halides is 3. The number of nitrogens with zero attached hydrogens (tertiary/aromatic N) is 7. The Kier molecular flexibility index (Phi) is 5.59. The van der Waals surface area contributed by atoms with Gasteiger partial charge in [0.25, 0.3) is 0 Å². The van der Waals surface area contributed by atoms with Crippen LogP contribution >= 0.6 is 11.6 Å². The van der Waals surface area contributed by atoms with Crippen molar-refractivity contribution in [1.82, 2.24) is 24.6 Å². The number of pyridine rings is 1. The summed E-state index contributed by atoms with van der Waals surface area (Å²) >= 11 is 6.21. The van der Waals surface area contributed by atoms with Crippen LogP contribution in [-0.4, -0.2) is 50.2 Å². The lowest BCUT2D eigenvalue weighted by Gasteiger charge is -2.43. The van der Waals surface area contributed by atoms with Crippen LogP contribution in [0.4, 0.5) is 18.9 Å². The van der Waals surface area contributed by atoms with Crippen LogP contribution in [0.2, 0.25) is 5.02 Å². The van der Waals surface area contributed by atoms with Crippen LogP contribution in [0.15, 0.2) is 24.4 Å². The second-order valence-electron chi connectivity index (χ2n) is 9.16. The summed E-state index contributed by atoms with van der Waals surface area (Å²) in [5, 5.41) is 18.0. The van der Waals surface area contributed by atoms with Gasteiger partial charge in [0.15, 0.2) is 5.82 Å². The number of hydrogen-bond acceptors (Lipinski definition) is 6. The van der Waals surface area contributed by atoms with Crippen LogP contribution in [-0.2, 0) is 24.1 Å². The fourth-order valence-corrected chi connectivity index (χ4v) is 5.11. The molecule has 1 saturated heterocycles. The predicted molar refractivity (Wildman–Crippen MR) is 121 cm³/mol. The Balaban J connectivity index is 1.34. The fraction of sp³-hybridized carbons (Fsp3) is 0.435. The first-order chi connectivity index (χ1) is 16.6. The van der Waals surface area contributed by atoms with E-state index in [0.717, 1.165) is 21.2 Å². The maximum atomic E-state index is 13.5. The van der Waals surface area contributed by atoms with E-state index >= 15 is 0 Å². The van der Waals surface area contributed by atoms with E-state index in [2.05, 4.69) is 26.2 Å². The monoisotopic (exact) mass is 503 g/mol. The molecule has 0 aliphatic carbocycles. The summed E-state index contributed by atoms with van der Waals surface area (Å²) in [5.74, 6) is -1.00. The summed E-state index contributed by atoms with van der Waals surface area (Å²) in [6.45, 7) is 3.11. The van der Waals surface area contributed by atoms with Gasteiger partial charge in [0.2, 0.25) is 11.7 Å². The molecule has 1 amide bonds. The van der Waals surface area contributed by atoms with Crippen molar-refractivity contribution in [3.63, 3.8) is 0 Å². The third-order valence-corrected chi connectivity index (χ3v) is 7.15. The number of aromatic nitrogens is 4. The molecule has 35 heavy (non-hydrogen) atoms. The number of anilines is 1. The van der Waals surface area contributed by atoms with E-state index in [1.54, 1.807) is 29.3 Å². The van der Waals surface area contributed by atoms with E-state index in [-0.39, 0.29) is 31.4 Å². The van der Waals surface area contributed by atoms with Gasteiger partial charge in [-0.3, -0.25) is 9.78 Å². The van der Waals surface area contributed by atoms with Crippen LogP contribution in [0, 0.1) is 16.7 Å². The van der Waals surface area contributed by atoms with Gasteiger partial charge in [0.05, 0.1) is 23.3 Å². The minimum atomic E-state index is -4.58. The van der Waals surface area contributed by atoms with Crippen LogP contribution in [0.5, 0.6) is 0 Å². The molecule has 0 N–H and O–H groups in total. The molecule has 2 aliphatic heterocycles. The van der Waals surface area contributed by atoms with Crippen molar-refractivity contribution in [1.29, 1.82) is 5.26 Å². The molecule has 1 aromatic carbocycles. The van der Waals surface area contributed by atoms with Gasteiger partial charge in [-0.2, -0.15) is 18.4 Å². The molecule has 2 aliphatic rings. The highest BCUT2D eigenvalue weighted by Crippen LogP contribution is 2.39. The third kappa shape index (κ3) is 4.05. The van der Waals surface area contributed by atoms with Gasteiger partial charge in [-0.15, -0.1) is 10.2 Å². The maximum absolute atomic E-state index is 13.5. The zero-order chi connectivity index (χ0) is 25.0. The Morgan fingerprint density at radius 3 is 2.60 bits per heavy atom. The number of nitriles is 1. The predicted octanol–water partition coefficient (Wildman–Crippen LogP) is 4.02. The molecule has 0 radical (unpaired) electrons. The Hall–Kier alpha value is -3.39. The number of carbonyl (C=O) groups excluding carboxylic acids is 1. The molecule has 3 aromatic rings. The molecule has 4 heterocycles. The Bertz CT molecular complexity index is 1360. The highest BCUT2D eigenvalue weighted by Gasteiger charge is 2.43. The fourth-order valence-electron chi connectivity index (χ4n) is 4.93. The molecular formula is C23H21ClF3N7O. The van der Waals surface area contributed by atoms with Crippen molar-refractivity contribution in [3.05, 3.63) is 46.6 Å². The average Bonchev–Trinajstić information content (AvgIpc) is 3.27. The zero-order valence-electron chi connectivity index (χ0n) is 18.8. The number of fused-ring (bicyclic) bond motifs is 2. The summed E-state index contributed by atoms with van der Waals surface area (Å²) < 4.78 is 40.4. The highest BCUT2D eigenvalue weighted by molar-refractivity contribution is 6.31. The number of rotatable bonds is 2. The first-order valence-electron chi connectivity index (χ1n) is 11.1. The van der Waals surface area contributed by atoms with Gasteiger partial charge in [-0.25, -0.2) is 0 Å². The van der Waals surface area contributed by atoms with Crippen LogP contribution in [0.3, 0.4) is 0 Å². The number of halogens is 4. The van der Waals surface area contributed by atoms with E-state index in [9.17, 15) is 23.2 Å². The van der Waals surface area contributed by atoms with Gasteiger partial charge < -0.3 is 14.4 Å². The Morgan fingerprint density at radius 1 is 1.17 bits per heavy atom. The second kappa shape index (κ2) is 8.37. The molecule has 5 rings (SSSR count). The number of carbonyl (C=O) groups is 1. The van der Waals surface area contributed by atoms with Gasteiger partial charge >= 0.3 is 6.18 Å². The Labute approximate surface area is 203 Å². The first kappa shape index (κ1) is 23.4. The normalized spacial score (nSPS) is 17.8. The molecule has 12 heteroatoms. The summed E-state index contributed by atoms with van der Waals surface area (Å²) in [6.07, 6.45) is -1.99. The van der Waals surface area contributed by atoms with E-state index in [1.165, 1.54) is 0 Å². The summed E-state index contributed by atoms with van der Waals surface area (Å²) in [4.78, 5) is 21.5. The highest BCUT2D eigenvalue weighted by atomic mass is 35.5. The molecular weight excluding hydrogens is 483 g/mol. The number of hydrogen-bond donors (Lipinski definition) is 0. The lowest BCUT2D eigenvalue weighted by atomic mass is 9.78. The van der Waals surface area contributed by atoms with E-state index < -0.39 is 17.4 Å². The quantitative estimate of drug-likeness (QED) is 0.524. The number of piperidine rings is 1. The van der Waals surface area contributed by atoms with Gasteiger partial charge in [-0.1, -0.05) is 18.5 Å². The third-order valence-electron chi connectivity index (χ3n) is 6.92. The largest absolute Gasteiger partial charge is 0.451 e.